The molecule has 0 unspecified atom stereocenters. The van der Waals surface area contributed by atoms with Crippen molar-refractivity contribution in [3.8, 4) is 0 Å². The zero-order chi connectivity index (χ0) is 12.0. The number of amides is 1. The number of carbonyl (C=O) groups is 1. The zero-order valence-corrected chi connectivity index (χ0v) is 11.2. The molecule has 0 aromatic rings. The Balaban J connectivity index is 2.25. The second-order valence-corrected chi connectivity index (χ2v) is 5.75. The molecule has 16 heavy (non-hydrogen) atoms. The predicted octanol–water partition coefficient (Wildman–Crippen LogP) is 1.90. The highest BCUT2D eigenvalue weighted by Gasteiger charge is 2.23. The number of thioether (sulfide) groups is 1. The number of hydrogen-bond acceptors (Lipinski definition) is 3. The van der Waals surface area contributed by atoms with Gasteiger partial charge in [-0.05, 0) is 38.4 Å². The van der Waals surface area contributed by atoms with Crippen LogP contribution in [0.4, 0.5) is 0 Å². The average molecular weight is 244 g/mol. The Morgan fingerprint density at radius 3 is 2.56 bits per heavy atom. The molecule has 1 rings (SSSR count). The molecule has 1 amide bonds. The van der Waals surface area contributed by atoms with Crippen molar-refractivity contribution in [2.75, 3.05) is 6.26 Å². The Labute approximate surface area is 103 Å². The SMILES string of the molecule is CCC[C@H](N)C(=O)NC1CCC(SC)CC1. The van der Waals surface area contributed by atoms with Crippen molar-refractivity contribution in [2.45, 2.75) is 62.8 Å². The third-order valence-corrected chi connectivity index (χ3v) is 4.43. The van der Waals surface area contributed by atoms with Crippen molar-refractivity contribution in [1.29, 1.82) is 0 Å². The molecule has 1 atom stereocenters. The van der Waals surface area contributed by atoms with Crippen molar-refractivity contribution >= 4 is 17.7 Å². The zero-order valence-electron chi connectivity index (χ0n) is 10.4. The first-order chi connectivity index (χ1) is 7.67. The van der Waals surface area contributed by atoms with Crippen LogP contribution >= 0.6 is 11.8 Å². The third kappa shape index (κ3) is 4.34. The molecule has 94 valence electrons. The average Bonchev–Trinajstić information content (AvgIpc) is 2.30. The molecule has 1 saturated carbocycles. The summed E-state index contributed by atoms with van der Waals surface area (Å²) in [6.45, 7) is 2.05. The van der Waals surface area contributed by atoms with Gasteiger partial charge in [0.15, 0.2) is 0 Å². The molecule has 3 nitrogen and oxygen atoms in total. The minimum absolute atomic E-state index is 0.0365. The number of rotatable bonds is 5. The Hall–Kier alpha value is -0.220. The highest BCUT2D eigenvalue weighted by molar-refractivity contribution is 7.99. The molecule has 0 aromatic heterocycles. The highest BCUT2D eigenvalue weighted by atomic mass is 32.2. The van der Waals surface area contributed by atoms with Crippen LogP contribution < -0.4 is 11.1 Å². The number of carbonyl (C=O) groups excluding carboxylic acids is 1. The van der Waals surface area contributed by atoms with Gasteiger partial charge in [-0.2, -0.15) is 11.8 Å². The van der Waals surface area contributed by atoms with E-state index in [0.29, 0.717) is 6.04 Å². The Bertz CT molecular complexity index is 215. The smallest absolute Gasteiger partial charge is 0.237 e. The van der Waals surface area contributed by atoms with E-state index in [-0.39, 0.29) is 11.9 Å². The molecule has 0 saturated heterocycles. The molecule has 3 N–H and O–H groups in total. The fourth-order valence-corrected chi connectivity index (χ4v) is 2.94. The van der Waals surface area contributed by atoms with Crippen LogP contribution in [0.2, 0.25) is 0 Å². The van der Waals surface area contributed by atoms with Gasteiger partial charge >= 0.3 is 0 Å². The molecule has 1 fully saturated rings. The largest absolute Gasteiger partial charge is 0.352 e. The summed E-state index contributed by atoms with van der Waals surface area (Å²) in [5.74, 6) is 0.0365. The van der Waals surface area contributed by atoms with Gasteiger partial charge in [-0.3, -0.25) is 4.79 Å². The molecule has 1 aliphatic carbocycles. The molecule has 0 spiro atoms. The fraction of sp³-hybridized carbons (Fsp3) is 0.917. The lowest BCUT2D eigenvalue weighted by atomic mass is 9.94. The maximum absolute atomic E-state index is 11.7. The van der Waals surface area contributed by atoms with E-state index >= 15 is 0 Å². The summed E-state index contributed by atoms with van der Waals surface area (Å²) in [4.78, 5) is 11.7. The number of nitrogens with two attached hydrogens (primary N) is 1. The van der Waals surface area contributed by atoms with Crippen LogP contribution in [-0.2, 0) is 4.79 Å². The lowest BCUT2D eigenvalue weighted by Crippen LogP contribution is -2.46. The molecule has 0 aliphatic heterocycles. The predicted molar refractivity (Wildman–Crippen MR) is 70.6 cm³/mol. The van der Waals surface area contributed by atoms with Crippen molar-refractivity contribution < 1.29 is 4.79 Å². The first kappa shape index (κ1) is 13.8. The van der Waals surface area contributed by atoms with Crippen LogP contribution in [0, 0.1) is 0 Å². The lowest BCUT2D eigenvalue weighted by Gasteiger charge is -2.28. The Kier molecular flexibility index (Phi) is 6.21. The Morgan fingerprint density at radius 1 is 1.44 bits per heavy atom. The van der Waals surface area contributed by atoms with E-state index in [0.717, 1.165) is 30.9 Å². The molecule has 0 aromatic carbocycles. The maximum Gasteiger partial charge on any atom is 0.237 e. The monoisotopic (exact) mass is 244 g/mol. The summed E-state index contributed by atoms with van der Waals surface area (Å²) in [6.07, 6.45) is 8.57. The summed E-state index contributed by atoms with van der Waals surface area (Å²) >= 11 is 1.94. The molecule has 4 heteroatoms. The number of nitrogens with one attached hydrogen (secondary N) is 1. The summed E-state index contributed by atoms with van der Waals surface area (Å²) in [5.41, 5.74) is 5.78. The van der Waals surface area contributed by atoms with Gasteiger partial charge in [-0.15, -0.1) is 0 Å². The van der Waals surface area contributed by atoms with Crippen molar-refractivity contribution in [3.63, 3.8) is 0 Å². The van der Waals surface area contributed by atoms with E-state index in [4.69, 9.17) is 5.73 Å². The van der Waals surface area contributed by atoms with E-state index in [1.807, 2.05) is 11.8 Å². The second kappa shape index (κ2) is 7.17. The van der Waals surface area contributed by atoms with Gasteiger partial charge in [0.1, 0.15) is 0 Å². The van der Waals surface area contributed by atoms with E-state index in [1.54, 1.807) is 0 Å². The summed E-state index contributed by atoms with van der Waals surface area (Å²) in [5, 5.41) is 3.86. The topological polar surface area (TPSA) is 55.1 Å². The van der Waals surface area contributed by atoms with Gasteiger partial charge in [0.2, 0.25) is 5.91 Å². The van der Waals surface area contributed by atoms with Crippen molar-refractivity contribution in [2.24, 2.45) is 5.73 Å². The highest BCUT2D eigenvalue weighted by Crippen LogP contribution is 2.26. The summed E-state index contributed by atoms with van der Waals surface area (Å²) in [6, 6.07) is 0.0436. The van der Waals surface area contributed by atoms with E-state index in [2.05, 4.69) is 18.5 Å². The van der Waals surface area contributed by atoms with Gasteiger partial charge in [0, 0.05) is 11.3 Å². The quantitative estimate of drug-likeness (QED) is 0.776. The minimum Gasteiger partial charge on any atom is -0.352 e. The maximum atomic E-state index is 11.7. The van der Waals surface area contributed by atoms with Gasteiger partial charge in [-0.25, -0.2) is 0 Å². The van der Waals surface area contributed by atoms with Crippen LogP contribution in [0.3, 0.4) is 0 Å². The summed E-state index contributed by atoms with van der Waals surface area (Å²) in [7, 11) is 0. The van der Waals surface area contributed by atoms with E-state index in [9.17, 15) is 4.79 Å². The lowest BCUT2D eigenvalue weighted by molar-refractivity contribution is -0.123. The molecule has 0 bridgehead atoms. The first-order valence-electron chi connectivity index (χ1n) is 6.26. The van der Waals surface area contributed by atoms with Crippen molar-refractivity contribution in [3.05, 3.63) is 0 Å². The minimum atomic E-state index is -0.316. The third-order valence-electron chi connectivity index (χ3n) is 3.29. The standard InChI is InChI=1S/C12H24N2OS/c1-3-4-11(13)12(15)14-9-5-7-10(16-2)8-6-9/h9-11H,3-8,13H2,1-2H3,(H,14,15)/t9?,10?,11-/m0/s1. The normalized spacial score (nSPS) is 27.4. The van der Waals surface area contributed by atoms with Crippen LogP contribution in [0.25, 0.3) is 0 Å². The van der Waals surface area contributed by atoms with Gasteiger partial charge < -0.3 is 11.1 Å². The molecular formula is C12H24N2OS. The van der Waals surface area contributed by atoms with E-state index in [1.165, 1.54) is 12.8 Å². The number of hydrogen-bond donors (Lipinski definition) is 2. The van der Waals surface area contributed by atoms with Crippen LogP contribution in [0.15, 0.2) is 0 Å². The van der Waals surface area contributed by atoms with Gasteiger partial charge in [-0.1, -0.05) is 13.3 Å². The molecule has 0 heterocycles. The van der Waals surface area contributed by atoms with E-state index < -0.39 is 0 Å². The molecular weight excluding hydrogens is 220 g/mol. The van der Waals surface area contributed by atoms with Crippen LogP contribution in [0.1, 0.15) is 45.4 Å². The first-order valence-corrected chi connectivity index (χ1v) is 7.55. The van der Waals surface area contributed by atoms with Crippen LogP contribution in [-0.4, -0.2) is 29.5 Å². The fourth-order valence-electron chi connectivity index (χ4n) is 2.19. The van der Waals surface area contributed by atoms with Crippen molar-refractivity contribution in [1.82, 2.24) is 5.32 Å². The summed E-state index contributed by atoms with van der Waals surface area (Å²) < 4.78 is 0. The van der Waals surface area contributed by atoms with Crippen LogP contribution in [0.5, 0.6) is 0 Å². The molecule has 0 radical (unpaired) electrons. The van der Waals surface area contributed by atoms with Gasteiger partial charge in [0.25, 0.3) is 0 Å². The Morgan fingerprint density at radius 2 is 2.06 bits per heavy atom. The van der Waals surface area contributed by atoms with Gasteiger partial charge in [0.05, 0.1) is 6.04 Å². The molecule has 1 aliphatic rings. The second-order valence-electron chi connectivity index (χ2n) is 4.61.